The van der Waals surface area contributed by atoms with Gasteiger partial charge in [0.15, 0.2) is 0 Å². The van der Waals surface area contributed by atoms with E-state index in [4.69, 9.17) is 11.6 Å². The van der Waals surface area contributed by atoms with E-state index in [1.807, 2.05) is 0 Å². The van der Waals surface area contributed by atoms with Gasteiger partial charge in [-0.2, -0.15) is 9.30 Å². The molecule has 0 radical (unpaired) electrons. The van der Waals surface area contributed by atoms with Crippen LogP contribution in [0.25, 0.3) is 0 Å². The molecule has 0 bridgehead atoms. The SMILES string of the molecule is O=C=NC1CCCCN1S(=O)(=O)c1cc(F)ccc1Cl. The standard InChI is InChI=1S/C12H12ClFN2O3S/c13-10-5-4-9(14)7-11(10)20(18,19)16-6-2-1-3-12(16)15-8-17/h4-5,7,12H,1-3,6H2. The molecule has 1 atom stereocenters. The van der Waals surface area contributed by atoms with E-state index in [9.17, 15) is 17.6 Å². The summed E-state index contributed by atoms with van der Waals surface area (Å²) in [5.74, 6) is -0.694. The third-order valence-electron chi connectivity index (χ3n) is 3.10. The minimum absolute atomic E-state index is 0.0641. The number of carbonyl (C=O) groups excluding carboxylic acids is 1. The number of hydrogen-bond acceptors (Lipinski definition) is 4. The van der Waals surface area contributed by atoms with Gasteiger partial charge in [-0.15, -0.1) is 0 Å². The highest BCUT2D eigenvalue weighted by Crippen LogP contribution is 2.30. The van der Waals surface area contributed by atoms with Crippen LogP contribution in [-0.2, 0) is 14.8 Å². The van der Waals surface area contributed by atoms with E-state index in [0.29, 0.717) is 12.8 Å². The molecule has 1 aliphatic rings. The highest BCUT2D eigenvalue weighted by Gasteiger charge is 2.34. The monoisotopic (exact) mass is 318 g/mol. The van der Waals surface area contributed by atoms with Crippen LogP contribution >= 0.6 is 11.6 Å². The minimum atomic E-state index is -4.00. The summed E-state index contributed by atoms with van der Waals surface area (Å²) >= 11 is 5.84. The van der Waals surface area contributed by atoms with Gasteiger partial charge < -0.3 is 0 Å². The highest BCUT2D eigenvalue weighted by molar-refractivity contribution is 7.89. The maximum Gasteiger partial charge on any atom is 0.246 e. The lowest BCUT2D eigenvalue weighted by Gasteiger charge is -2.31. The second kappa shape index (κ2) is 6.01. The molecule has 0 saturated carbocycles. The van der Waals surface area contributed by atoms with Gasteiger partial charge in [-0.3, -0.25) is 0 Å². The van der Waals surface area contributed by atoms with Gasteiger partial charge in [0.05, 0.1) is 5.02 Å². The van der Waals surface area contributed by atoms with E-state index in [-0.39, 0.29) is 16.5 Å². The molecule has 1 heterocycles. The van der Waals surface area contributed by atoms with E-state index >= 15 is 0 Å². The molecule has 1 aromatic carbocycles. The molecule has 0 aliphatic carbocycles. The lowest BCUT2D eigenvalue weighted by atomic mass is 10.1. The molecule has 0 N–H and O–H groups in total. The molecule has 1 aromatic rings. The Kier molecular flexibility index (Phi) is 4.55. The van der Waals surface area contributed by atoms with Crippen molar-refractivity contribution in [1.29, 1.82) is 0 Å². The zero-order valence-electron chi connectivity index (χ0n) is 10.4. The minimum Gasteiger partial charge on any atom is -0.211 e. The van der Waals surface area contributed by atoms with E-state index in [2.05, 4.69) is 4.99 Å². The molecule has 8 heteroatoms. The summed E-state index contributed by atoms with van der Waals surface area (Å²) in [7, 11) is -4.00. The lowest BCUT2D eigenvalue weighted by molar-refractivity contribution is 0.259. The van der Waals surface area contributed by atoms with Crippen molar-refractivity contribution in [3.05, 3.63) is 29.0 Å². The number of benzene rings is 1. The fourth-order valence-electron chi connectivity index (χ4n) is 2.16. The van der Waals surface area contributed by atoms with Gasteiger partial charge in [0.1, 0.15) is 16.9 Å². The Morgan fingerprint density at radius 2 is 2.15 bits per heavy atom. The van der Waals surface area contributed by atoms with Crippen LogP contribution in [0.1, 0.15) is 19.3 Å². The van der Waals surface area contributed by atoms with Gasteiger partial charge in [-0.05, 0) is 37.5 Å². The predicted molar refractivity (Wildman–Crippen MR) is 71.1 cm³/mol. The fraction of sp³-hybridized carbons (Fsp3) is 0.417. The van der Waals surface area contributed by atoms with Crippen LogP contribution in [0.3, 0.4) is 0 Å². The van der Waals surface area contributed by atoms with Gasteiger partial charge in [-0.25, -0.2) is 17.6 Å². The molecule has 1 saturated heterocycles. The van der Waals surface area contributed by atoms with Crippen molar-refractivity contribution < 1.29 is 17.6 Å². The highest BCUT2D eigenvalue weighted by atomic mass is 35.5. The first-order valence-corrected chi connectivity index (χ1v) is 7.82. The smallest absolute Gasteiger partial charge is 0.211 e. The van der Waals surface area contributed by atoms with Crippen molar-refractivity contribution in [2.24, 2.45) is 4.99 Å². The van der Waals surface area contributed by atoms with Crippen LogP contribution in [0.4, 0.5) is 4.39 Å². The Morgan fingerprint density at radius 1 is 1.40 bits per heavy atom. The number of rotatable bonds is 3. The molecular weight excluding hydrogens is 307 g/mol. The number of nitrogens with zero attached hydrogens (tertiary/aromatic N) is 2. The average Bonchev–Trinajstić information content (AvgIpc) is 2.42. The van der Waals surface area contributed by atoms with E-state index in [1.54, 1.807) is 0 Å². The van der Waals surface area contributed by atoms with Gasteiger partial charge >= 0.3 is 0 Å². The van der Waals surface area contributed by atoms with Crippen molar-refractivity contribution in [2.75, 3.05) is 6.54 Å². The summed E-state index contributed by atoms with van der Waals surface area (Å²) in [5, 5.41) is -0.0641. The third-order valence-corrected chi connectivity index (χ3v) is 5.48. The molecule has 1 aliphatic heterocycles. The topological polar surface area (TPSA) is 66.8 Å². The Balaban J connectivity index is 2.47. The summed E-state index contributed by atoms with van der Waals surface area (Å²) in [6.07, 6.45) is 2.42. The predicted octanol–water partition coefficient (Wildman–Crippen LogP) is 2.32. The zero-order chi connectivity index (χ0) is 14.8. The first kappa shape index (κ1) is 15.1. The maximum absolute atomic E-state index is 13.3. The normalized spacial score (nSPS) is 20.4. The summed E-state index contributed by atoms with van der Waals surface area (Å²) in [5.41, 5.74) is 0. The molecule has 5 nitrogen and oxygen atoms in total. The Hall–Kier alpha value is -1.27. The van der Waals surface area contributed by atoms with Crippen molar-refractivity contribution >= 4 is 27.7 Å². The van der Waals surface area contributed by atoms with Crippen molar-refractivity contribution in [2.45, 2.75) is 30.3 Å². The second-order valence-electron chi connectivity index (χ2n) is 4.39. The van der Waals surface area contributed by atoms with Gasteiger partial charge in [-0.1, -0.05) is 11.6 Å². The summed E-state index contributed by atoms with van der Waals surface area (Å²) in [6, 6.07) is 3.14. The maximum atomic E-state index is 13.3. The molecule has 108 valence electrons. The van der Waals surface area contributed by atoms with E-state index in [0.717, 1.165) is 22.9 Å². The number of hydrogen-bond donors (Lipinski definition) is 0. The summed E-state index contributed by atoms with van der Waals surface area (Å²) in [6.45, 7) is 0.213. The number of piperidine rings is 1. The molecule has 0 amide bonds. The van der Waals surface area contributed by atoms with E-state index in [1.165, 1.54) is 12.1 Å². The van der Waals surface area contributed by atoms with Crippen molar-refractivity contribution in [3.8, 4) is 0 Å². The van der Waals surface area contributed by atoms with Crippen LogP contribution in [-0.4, -0.2) is 31.5 Å². The zero-order valence-corrected chi connectivity index (χ0v) is 12.0. The molecule has 0 aromatic heterocycles. The number of halogens is 2. The summed E-state index contributed by atoms with van der Waals surface area (Å²) < 4.78 is 39.4. The number of isocyanates is 1. The van der Waals surface area contributed by atoms with E-state index < -0.39 is 22.0 Å². The van der Waals surface area contributed by atoms with Crippen LogP contribution in [0.5, 0.6) is 0 Å². The number of aliphatic imine (C=N–C) groups is 1. The Bertz CT molecular complexity index is 659. The molecule has 2 rings (SSSR count). The summed E-state index contributed by atoms with van der Waals surface area (Å²) in [4.78, 5) is 13.6. The first-order chi connectivity index (χ1) is 9.46. The molecule has 0 spiro atoms. The molecule has 1 fully saturated rings. The number of sulfonamides is 1. The quantitative estimate of drug-likeness (QED) is 0.634. The largest absolute Gasteiger partial charge is 0.246 e. The average molecular weight is 319 g/mol. The molecule has 20 heavy (non-hydrogen) atoms. The van der Waals surface area contributed by atoms with Crippen LogP contribution in [0.2, 0.25) is 5.02 Å². The second-order valence-corrected chi connectivity index (χ2v) is 6.65. The van der Waals surface area contributed by atoms with Crippen molar-refractivity contribution in [1.82, 2.24) is 4.31 Å². The lowest BCUT2D eigenvalue weighted by Crippen LogP contribution is -2.42. The van der Waals surface area contributed by atoms with Crippen molar-refractivity contribution in [3.63, 3.8) is 0 Å². The molecule has 1 unspecified atom stereocenters. The Labute approximate surface area is 121 Å². The van der Waals surface area contributed by atoms with Crippen LogP contribution < -0.4 is 0 Å². The van der Waals surface area contributed by atoms with Gasteiger partial charge in [0.2, 0.25) is 16.1 Å². The Morgan fingerprint density at radius 3 is 2.85 bits per heavy atom. The van der Waals surface area contributed by atoms with Gasteiger partial charge in [0.25, 0.3) is 0 Å². The van der Waals surface area contributed by atoms with Crippen LogP contribution in [0.15, 0.2) is 28.1 Å². The van der Waals surface area contributed by atoms with Crippen LogP contribution in [0, 0.1) is 5.82 Å². The molecular formula is C12H12ClFN2O3S. The third kappa shape index (κ3) is 2.91. The first-order valence-electron chi connectivity index (χ1n) is 6.00. The van der Waals surface area contributed by atoms with Gasteiger partial charge in [0, 0.05) is 6.54 Å². The fourth-order valence-corrected chi connectivity index (χ4v) is 4.24.